The van der Waals surface area contributed by atoms with Gasteiger partial charge >= 0.3 is 5.97 Å². The molecule has 6 heteroatoms. The molecule has 2 saturated heterocycles. The third-order valence-electron chi connectivity index (χ3n) is 3.26. The number of piperidine rings is 1. The predicted octanol–water partition coefficient (Wildman–Crippen LogP) is -0.802. The Balaban J connectivity index is 1.92. The Kier molecular flexibility index (Phi) is 2.91. The molecule has 2 amide bonds. The van der Waals surface area contributed by atoms with Gasteiger partial charge in [0.2, 0.25) is 11.8 Å². The summed E-state index contributed by atoms with van der Waals surface area (Å²) >= 11 is 0. The largest absolute Gasteiger partial charge is 0.481 e. The van der Waals surface area contributed by atoms with Crippen molar-refractivity contribution in [1.82, 2.24) is 10.2 Å². The number of carboxylic acid groups (broad SMARTS) is 1. The average molecular weight is 226 g/mol. The third-order valence-corrected chi connectivity index (χ3v) is 3.26. The minimum atomic E-state index is -0.772. The van der Waals surface area contributed by atoms with Crippen molar-refractivity contribution >= 4 is 17.8 Å². The summed E-state index contributed by atoms with van der Waals surface area (Å²) in [6.07, 6.45) is 1.30. The smallest absolute Gasteiger partial charge is 0.306 e. The standard InChI is InChI=1S/C10H14N2O4/c13-8-5-7(9(14)11-8)12-3-1-6(2-4-12)10(15)16/h6-7H,1-5H2,(H,15,16)(H,11,13,14). The maximum Gasteiger partial charge on any atom is 0.306 e. The van der Waals surface area contributed by atoms with Crippen LogP contribution in [0.5, 0.6) is 0 Å². The SMILES string of the molecule is O=C1CC(N2CCC(C(=O)O)CC2)C(=O)N1. The van der Waals surface area contributed by atoms with Crippen molar-refractivity contribution in [2.24, 2.45) is 5.92 Å². The Morgan fingerprint density at radius 2 is 1.94 bits per heavy atom. The molecule has 0 saturated carbocycles. The number of carbonyl (C=O) groups excluding carboxylic acids is 2. The van der Waals surface area contributed by atoms with E-state index in [9.17, 15) is 14.4 Å². The Morgan fingerprint density at radius 3 is 2.38 bits per heavy atom. The lowest BCUT2D eigenvalue weighted by Gasteiger charge is -2.32. The van der Waals surface area contributed by atoms with E-state index in [4.69, 9.17) is 5.11 Å². The van der Waals surface area contributed by atoms with Gasteiger partial charge in [-0.15, -0.1) is 0 Å². The molecule has 0 aromatic carbocycles. The molecule has 0 bridgehead atoms. The van der Waals surface area contributed by atoms with Crippen LogP contribution in [-0.2, 0) is 14.4 Å². The van der Waals surface area contributed by atoms with E-state index in [2.05, 4.69) is 5.32 Å². The van der Waals surface area contributed by atoms with Crippen molar-refractivity contribution in [2.75, 3.05) is 13.1 Å². The van der Waals surface area contributed by atoms with Crippen molar-refractivity contribution in [2.45, 2.75) is 25.3 Å². The molecule has 0 aliphatic carbocycles. The van der Waals surface area contributed by atoms with Crippen molar-refractivity contribution in [3.63, 3.8) is 0 Å². The average Bonchev–Trinajstić information content (AvgIpc) is 2.58. The lowest BCUT2D eigenvalue weighted by molar-refractivity contribution is -0.143. The zero-order valence-corrected chi connectivity index (χ0v) is 8.81. The lowest BCUT2D eigenvalue weighted by atomic mass is 9.96. The molecule has 0 spiro atoms. The quantitative estimate of drug-likeness (QED) is 0.602. The zero-order valence-electron chi connectivity index (χ0n) is 8.81. The molecule has 2 heterocycles. The molecule has 1 atom stereocenters. The van der Waals surface area contributed by atoms with Crippen molar-refractivity contribution < 1.29 is 19.5 Å². The number of imide groups is 1. The van der Waals surface area contributed by atoms with Crippen LogP contribution in [0.3, 0.4) is 0 Å². The first-order chi connectivity index (χ1) is 7.58. The van der Waals surface area contributed by atoms with Crippen LogP contribution in [-0.4, -0.2) is 46.9 Å². The van der Waals surface area contributed by atoms with Crippen LogP contribution < -0.4 is 5.32 Å². The number of amides is 2. The highest BCUT2D eigenvalue weighted by Gasteiger charge is 2.37. The fourth-order valence-corrected chi connectivity index (χ4v) is 2.29. The second-order valence-corrected chi connectivity index (χ2v) is 4.28. The first kappa shape index (κ1) is 11.1. The molecule has 2 aliphatic heterocycles. The summed E-state index contributed by atoms with van der Waals surface area (Å²) in [4.78, 5) is 35.1. The zero-order chi connectivity index (χ0) is 11.7. The molecule has 0 aromatic rings. The Labute approximate surface area is 92.6 Å². The third kappa shape index (κ3) is 2.06. The van der Waals surface area contributed by atoms with Crippen molar-refractivity contribution in [3.05, 3.63) is 0 Å². The van der Waals surface area contributed by atoms with Crippen LogP contribution >= 0.6 is 0 Å². The minimum absolute atomic E-state index is 0.205. The molecule has 1 unspecified atom stereocenters. The van der Waals surface area contributed by atoms with E-state index in [1.165, 1.54) is 0 Å². The molecule has 2 fully saturated rings. The van der Waals surface area contributed by atoms with Gasteiger partial charge in [-0.25, -0.2) is 0 Å². The number of carbonyl (C=O) groups is 3. The van der Waals surface area contributed by atoms with Crippen LogP contribution in [0, 0.1) is 5.92 Å². The second kappa shape index (κ2) is 4.21. The van der Waals surface area contributed by atoms with Gasteiger partial charge < -0.3 is 5.11 Å². The van der Waals surface area contributed by atoms with E-state index in [0.717, 1.165) is 0 Å². The lowest BCUT2D eigenvalue weighted by Crippen LogP contribution is -2.46. The van der Waals surface area contributed by atoms with Gasteiger partial charge in [-0.05, 0) is 25.9 Å². The van der Waals surface area contributed by atoms with E-state index in [-0.39, 0.29) is 30.2 Å². The van der Waals surface area contributed by atoms with E-state index in [1.54, 1.807) is 0 Å². The Hall–Kier alpha value is -1.43. The maximum atomic E-state index is 11.4. The normalized spacial score (nSPS) is 28.1. The summed E-state index contributed by atoms with van der Waals surface area (Å²) in [5.41, 5.74) is 0. The Bertz CT molecular complexity index is 334. The van der Waals surface area contributed by atoms with Crippen LogP contribution in [0.15, 0.2) is 0 Å². The number of hydrogen-bond donors (Lipinski definition) is 2. The minimum Gasteiger partial charge on any atom is -0.481 e. The van der Waals surface area contributed by atoms with Crippen LogP contribution in [0.25, 0.3) is 0 Å². The first-order valence-electron chi connectivity index (χ1n) is 5.38. The molecule has 16 heavy (non-hydrogen) atoms. The van der Waals surface area contributed by atoms with E-state index < -0.39 is 5.97 Å². The monoisotopic (exact) mass is 226 g/mol. The number of nitrogens with zero attached hydrogens (tertiary/aromatic N) is 1. The van der Waals surface area contributed by atoms with Gasteiger partial charge in [0.25, 0.3) is 0 Å². The van der Waals surface area contributed by atoms with Crippen LogP contribution in [0.4, 0.5) is 0 Å². The summed E-state index contributed by atoms with van der Waals surface area (Å²) in [6.45, 7) is 1.14. The molecular weight excluding hydrogens is 212 g/mol. The number of rotatable bonds is 2. The number of likely N-dealkylation sites (tertiary alicyclic amines) is 1. The molecule has 0 radical (unpaired) electrons. The summed E-state index contributed by atoms with van der Waals surface area (Å²) in [6, 6.07) is -0.387. The van der Waals surface area contributed by atoms with E-state index >= 15 is 0 Å². The molecule has 0 aromatic heterocycles. The van der Waals surface area contributed by atoms with Crippen LogP contribution in [0.1, 0.15) is 19.3 Å². The van der Waals surface area contributed by atoms with Gasteiger partial charge in [0, 0.05) is 0 Å². The fourth-order valence-electron chi connectivity index (χ4n) is 2.29. The van der Waals surface area contributed by atoms with E-state index in [0.29, 0.717) is 25.9 Å². The number of aliphatic carboxylic acids is 1. The summed E-state index contributed by atoms with van der Waals surface area (Å²) in [7, 11) is 0. The van der Waals surface area contributed by atoms with Crippen molar-refractivity contribution in [3.8, 4) is 0 Å². The molecular formula is C10H14N2O4. The van der Waals surface area contributed by atoms with Gasteiger partial charge in [-0.3, -0.25) is 24.6 Å². The van der Waals surface area contributed by atoms with Crippen LogP contribution in [0.2, 0.25) is 0 Å². The first-order valence-corrected chi connectivity index (χ1v) is 5.38. The maximum absolute atomic E-state index is 11.4. The fraction of sp³-hybridized carbons (Fsp3) is 0.700. The summed E-state index contributed by atoms with van der Waals surface area (Å²) < 4.78 is 0. The van der Waals surface area contributed by atoms with Gasteiger partial charge in [0.1, 0.15) is 0 Å². The van der Waals surface area contributed by atoms with Crippen molar-refractivity contribution in [1.29, 1.82) is 0 Å². The summed E-state index contributed by atoms with van der Waals surface area (Å²) in [5.74, 6) is -1.57. The van der Waals surface area contributed by atoms with Gasteiger partial charge in [-0.1, -0.05) is 0 Å². The number of carboxylic acids is 1. The molecule has 2 N–H and O–H groups in total. The number of nitrogens with one attached hydrogen (secondary N) is 1. The van der Waals surface area contributed by atoms with Gasteiger partial charge in [0.15, 0.2) is 0 Å². The second-order valence-electron chi connectivity index (χ2n) is 4.28. The molecule has 2 aliphatic rings. The molecule has 88 valence electrons. The van der Waals surface area contributed by atoms with Gasteiger partial charge in [0.05, 0.1) is 18.4 Å². The molecule has 6 nitrogen and oxygen atoms in total. The molecule has 2 rings (SSSR count). The predicted molar refractivity (Wildman–Crippen MR) is 53.5 cm³/mol. The van der Waals surface area contributed by atoms with Gasteiger partial charge in [-0.2, -0.15) is 0 Å². The topological polar surface area (TPSA) is 86.7 Å². The Morgan fingerprint density at radius 1 is 1.31 bits per heavy atom. The van der Waals surface area contributed by atoms with E-state index in [1.807, 2.05) is 4.90 Å². The highest BCUT2D eigenvalue weighted by atomic mass is 16.4. The summed E-state index contributed by atoms with van der Waals surface area (Å²) in [5, 5.41) is 11.1. The highest BCUT2D eigenvalue weighted by molar-refractivity contribution is 6.05. The number of hydrogen-bond acceptors (Lipinski definition) is 4. The highest BCUT2D eigenvalue weighted by Crippen LogP contribution is 2.21.